The number of unbranched alkanes of at least 4 members (excludes halogenated alkanes) is 1. The second kappa shape index (κ2) is 17.4. The molecule has 52 heavy (non-hydrogen) atoms. The SMILES string of the molecule is CCC(=O)CSC1CC(=O)N(CCC(=O)CCCCOC2CCCn3c2nc(C)c(CCN2CCC(c4noc5cc(F)ccc45)CC2)c3=O)C1=O. The topological polar surface area (TPSA) is 145 Å². The van der Waals surface area contributed by atoms with Gasteiger partial charge >= 0.3 is 0 Å². The van der Waals surface area contributed by atoms with Gasteiger partial charge in [0.25, 0.3) is 5.56 Å². The molecular formula is C38H48FN5O7S. The quantitative estimate of drug-likeness (QED) is 0.135. The molecule has 3 aliphatic rings. The molecule has 2 aromatic heterocycles. The van der Waals surface area contributed by atoms with Crippen LogP contribution >= 0.6 is 11.8 Å². The lowest BCUT2D eigenvalue weighted by Crippen LogP contribution is -2.38. The minimum absolute atomic E-state index is 0.00640. The Bertz CT molecular complexity index is 1850. The fourth-order valence-corrected chi connectivity index (χ4v) is 8.56. The number of carbonyl (C=O) groups is 4. The Morgan fingerprint density at radius 1 is 1.04 bits per heavy atom. The number of fused-ring (bicyclic) bond motifs is 2. The maximum atomic E-state index is 13.7. The first-order chi connectivity index (χ1) is 25.1. The highest BCUT2D eigenvalue weighted by Gasteiger charge is 2.39. The van der Waals surface area contributed by atoms with Gasteiger partial charge in [-0.1, -0.05) is 12.1 Å². The number of aryl methyl sites for hydroxylation is 1. The van der Waals surface area contributed by atoms with Crippen molar-refractivity contribution in [2.45, 2.75) is 108 Å². The van der Waals surface area contributed by atoms with E-state index in [0.29, 0.717) is 56.7 Å². The van der Waals surface area contributed by atoms with E-state index in [1.54, 1.807) is 17.6 Å². The minimum Gasteiger partial charge on any atom is -0.370 e. The van der Waals surface area contributed by atoms with Crippen LogP contribution in [0.3, 0.4) is 0 Å². The summed E-state index contributed by atoms with van der Waals surface area (Å²) >= 11 is 1.21. The monoisotopic (exact) mass is 737 g/mol. The number of hydrogen-bond donors (Lipinski definition) is 0. The summed E-state index contributed by atoms with van der Waals surface area (Å²) in [6, 6.07) is 4.56. The number of benzene rings is 1. The molecule has 0 aliphatic carbocycles. The van der Waals surface area contributed by atoms with Gasteiger partial charge in [-0.15, -0.1) is 11.8 Å². The molecule has 0 saturated carbocycles. The average Bonchev–Trinajstić information content (AvgIpc) is 3.68. The summed E-state index contributed by atoms with van der Waals surface area (Å²) in [7, 11) is 0. The summed E-state index contributed by atoms with van der Waals surface area (Å²) in [6.07, 6.45) is 5.98. The molecular weight excluding hydrogens is 690 g/mol. The highest BCUT2D eigenvalue weighted by atomic mass is 32.2. The smallest absolute Gasteiger partial charge is 0.257 e. The van der Waals surface area contributed by atoms with Crippen LogP contribution in [-0.2, 0) is 36.9 Å². The van der Waals surface area contributed by atoms with Crippen molar-refractivity contribution in [3.63, 3.8) is 0 Å². The van der Waals surface area contributed by atoms with Crippen molar-refractivity contribution in [1.82, 2.24) is 24.5 Å². The third-order valence-corrected chi connectivity index (χ3v) is 11.8. The Morgan fingerprint density at radius 2 is 1.85 bits per heavy atom. The van der Waals surface area contributed by atoms with Gasteiger partial charge in [-0.25, -0.2) is 9.37 Å². The number of amides is 2. The molecule has 2 fully saturated rings. The number of piperidine rings is 1. The van der Waals surface area contributed by atoms with Gasteiger partial charge in [0.05, 0.1) is 16.7 Å². The number of ketones is 2. The first kappa shape index (κ1) is 38.0. The van der Waals surface area contributed by atoms with Gasteiger partial charge in [0.15, 0.2) is 5.58 Å². The van der Waals surface area contributed by atoms with E-state index in [9.17, 15) is 28.4 Å². The van der Waals surface area contributed by atoms with Crippen molar-refractivity contribution in [3.8, 4) is 0 Å². The molecule has 2 atom stereocenters. The molecule has 3 aliphatic heterocycles. The Morgan fingerprint density at radius 3 is 2.63 bits per heavy atom. The van der Waals surface area contributed by atoms with E-state index in [0.717, 1.165) is 72.6 Å². The maximum absolute atomic E-state index is 13.7. The molecule has 280 valence electrons. The number of thioether (sulfide) groups is 1. The molecule has 14 heteroatoms. The lowest BCUT2D eigenvalue weighted by Gasteiger charge is -2.31. The fraction of sp³-hybridized carbons (Fsp3) is 0.605. The van der Waals surface area contributed by atoms with E-state index in [-0.39, 0.29) is 71.9 Å². The van der Waals surface area contributed by atoms with Crippen molar-refractivity contribution in [2.75, 3.05) is 38.5 Å². The first-order valence-electron chi connectivity index (χ1n) is 18.6. The molecule has 5 heterocycles. The van der Waals surface area contributed by atoms with Crippen molar-refractivity contribution >= 4 is 46.1 Å². The summed E-state index contributed by atoms with van der Waals surface area (Å²) in [4.78, 5) is 71.2. The number of ether oxygens (including phenoxy) is 1. The number of aromatic nitrogens is 3. The number of rotatable bonds is 17. The van der Waals surface area contributed by atoms with Gasteiger partial charge < -0.3 is 14.2 Å². The maximum Gasteiger partial charge on any atom is 0.257 e. The standard InChI is InChI=1S/C38H48FN5O7S/c1-3-27(45)23-52-33-22-34(47)43(38(33)49)19-13-28(46)7-4-5-20-50-31-8-6-15-44-36(31)40-24(2)29(37(44)48)14-18-42-16-11-25(12-17-42)35-30-10-9-26(39)21-32(30)51-41-35/h9-10,21,25,31,33H,3-8,11-20,22-23H2,1-2H3. The molecule has 2 unspecified atom stereocenters. The van der Waals surface area contributed by atoms with Crippen LogP contribution in [0.15, 0.2) is 27.5 Å². The predicted molar refractivity (Wildman–Crippen MR) is 194 cm³/mol. The van der Waals surface area contributed by atoms with Crippen LogP contribution in [0.25, 0.3) is 11.0 Å². The van der Waals surface area contributed by atoms with Crippen LogP contribution in [0.4, 0.5) is 4.39 Å². The molecule has 0 N–H and O–H groups in total. The van der Waals surface area contributed by atoms with Gasteiger partial charge in [-0.3, -0.25) is 33.4 Å². The van der Waals surface area contributed by atoms with Crippen molar-refractivity contribution in [1.29, 1.82) is 0 Å². The fourth-order valence-electron chi connectivity index (χ4n) is 7.44. The zero-order valence-electron chi connectivity index (χ0n) is 30.1. The lowest BCUT2D eigenvalue weighted by molar-refractivity contribution is -0.138. The molecule has 2 saturated heterocycles. The summed E-state index contributed by atoms with van der Waals surface area (Å²) in [5.74, 6) is 0.237. The second-order valence-corrected chi connectivity index (χ2v) is 15.3. The minimum atomic E-state index is -0.542. The molecule has 1 aromatic carbocycles. The molecule has 3 aromatic rings. The van der Waals surface area contributed by atoms with Crippen LogP contribution in [0.2, 0.25) is 0 Å². The number of hydrogen-bond acceptors (Lipinski definition) is 11. The van der Waals surface area contributed by atoms with Crippen LogP contribution in [-0.4, -0.2) is 91.7 Å². The molecule has 6 rings (SSSR count). The largest absolute Gasteiger partial charge is 0.370 e. The zero-order valence-corrected chi connectivity index (χ0v) is 30.9. The molecule has 2 amide bonds. The van der Waals surface area contributed by atoms with Gasteiger partial charge in [-0.05, 0) is 77.1 Å². The third-order valence-electron chi connectivity index (χ3n) is 10.6. The van der Waals surface area contributed by atoms with Crippen LogP contribution < -0.4 is 5.56 Å². The second-order valence-electron chi connectivity index (χ2n) is 14.1. The summed E-state index contributed by atoms with van der Waals surface area (Å²) < 4.78 is 26.9. The molecule has 0 spiro atoms. The summed E-state index contributed by atoms with van der Waals surface area (Å²) in [5, 5.41) is 4.58. The van der Waals surface area contributed by atoms with Crippen molar-refractivity contribution in [3.05, 3.63) is 57.1 Å². The summed E-state index contributed by atoms with van der Waals surface area (Å²) in [5.41, 5.74) is 2.86. The van der Waals surface area contributed by atoms with Gasteiger partial charge in [0.2, 0.25) is 11.8 Å². The van der Waals surface area contributed by atoms with E-state index in [2.05, 4.69) is 10.1 Å². The van der Waals surface area contributed by atoms with Crippen LogP contribution in [0.1, 0.15) is 106 Å². The highest BCUT2D eigenvalue weighted by molar-refractivity contribution is 8.01. The van der Waals surface area contributed by atoms with Crippen molar-refractivity contribution < 1.29 is 32.8 Å². The molecule has 12 nitrogen and oxygen atoms in total. The average molecular weight is 738 g/mol. The normalized spacial score (nSPS) is 19.9. The Labute approximate surface area is 306 Å². The number of likely N-dealkylation sites (tertiary alicyclic amines) is 2. The van der Waals surface area contributed by atoms with Gasteiger partial charge in [-0.2, -0.15) is 0 Å². The summed E-state index contributed by atoms with van der Waals surface area (Å²) in [6.45, 7) is 7.31. The van der Waals surface area contributed by atoms with Crippen LogP contribution in [0.5, 0.6) is 0 Å². The first-order valence-corrected chi connectivity index (χ1v) is 19.7. The highest BCUT2D eigenvalue weighted by Crippen LogP contribution is 2.33. The zero-order chi connectivity index (χ0) is 36.8. The van der Waals surface area contributed by atoms with E-state index < -0.39 is 5.25 Å². The number of halogens is 1. The van der Waals surface area contributed by atoms with Gasteiger partial charge in [0, 0.05) is 80.6 Å². The number of imide groups is 1. The third kappa shape index (κ3) is 8.88. The van der Waals surface area contributed by atoms with E-state index in [1.165, 1.54) is 23.9 Å². The van der Waals surface area contributed by atoms with Crippen LogP contribution in [0, 0.1) is 12.7 Å². The van der Waals surface area contributed by atoms with E-state index in [1.807, 2.05) is 6.92 Å². The predicted octanol–water partition coefficient (Wildman–Crippen LogP) is 5.07. The van der Waals surface area contributed by atoms with E-state index >= 15 is 0 Å². The van der Waals surface area contributed by atoms with Gasteiger partial charge in [0.1, 0.15) is 29.3 Å². The Kier molecular flexibility index (Phi) is 12.7. The molecule has 0 radical (unpaired) electrons. The number of Topliss-reactive ketones (excluding diaryl/α,β-unsaturated/α-hetero) is 2. The number of carbonyl (C=O) groups excluding carboxylic acids is 4. The van der Waals surface area contributed by atoms with Crippen molar-refractivity contribution in [2.24, 2.45) is 0 Å². The lowest BCUT2D eigenvalue weighted by atomic mass is 9.91. The van der Waals surface area contributed by atoms with E-state index in [4.69, 9.17) is 14.2 Å². The Balaban J connectivity index is 0.919. The number of nitrogens with zero attached hydrogens (tertiary/aromatic N) is 5. The molecule has 0 bridgehead atoms. The Hall–Kier alpha value is -3.75.